The molecule has 3 aliphatic heterocycles. The first kappa shape index (κ1) is 49.1. The Morgan fingerprint density at radius 3 is 1.65 bits per heavy atom. The first-order valence-electron chi connectivity index (χ1n) is 27.9. The summed E-state index contributed by atoms with van der Waals surface area (Å²) in [7, 11) is 0. The highest BCUT2D eigenvalue weighted by Gasteiger charge is 2.61. The highest BCUT2D eigenvalue weighted by molar-refractivity contribution is 7.00. The molecule has 3 nitrogen and oxygen atoms in total. The van der Waals surface area contributed by atoms with Gasteiger partial charge in [-0.1, -0.05) is 217 Å². The molecule has 1 fully saturated rings. The molecule has 4 heteroatoms. The zero-order valence-corrected chi connectivity index (χ0v) is 47.0. The van der Waals surface area contributed by atoms with Gasteiger partial charge in [0.2, 0.25) is 0 Å². The molecule has 0 radical (unpaired) electrons. The van der Waals surface area contributed by atoms with E-state index >= 15 is 0 Å². The molecule has 4 aliphatic rings. The zero-order valence-electron chi connectivity index (χ0n) is 47.0. The van der Waals surface area contributed by atoms with Gasteiger partial charge in [-0.3, -0.25) is 0 Å². The number of nitrogens with zero attached hydrogens (tertiary/aromatic N) is 3. The van der Waals surface area contributed by atoms with E-state index in [-0.39, 0.29) is 39.3 Å². The van der Waals surface area contributed by atoms with Crippen molar-refractivity contribution in [2.75, 3.05) is 14.7 Å². The lowest BCUT2D eigenvalue weighted by molar-refractivity contribution is 0.215. The lowest BCUT2D eigenvalue weighted by Gasteiger charge is -2.53. The number of hydrogen-bond acceptors (Lipinski definition) is 3. The molecule has 2 unspecified atom stereocenters. The molecule has 0 spiro atoms. The molecule has 0 saturated heterocycles. The van der Waals surface area contributed by atoms with Gasteiger partial charge < -0.3 is 14.7 Å². The summed E-state index contributed by atoms with van der Waals surface area (Å²) in [5.41, 5.74) is 24.0. The standard InChI is InChI=1S/C71H76BN3/c1-66(2,3)48-32-34-49(35-33-48)71-41-22-21-40-70(71,13)75(60-30-19-17-28-56(60)71)54-45-63-65-64(46-54)74(59-39-37-51(68(7,8)9)43-55(59)47-24-15-14-16-25-47)61-31-20-18-29-57(61)72(65)58-38-36-52(69(10,11)12)44-62(58)73(63)53-27-23-26-50(42-53)67(4,5)6/h14-20,23-39,42-46H,21-22,40-41H2,1-13H3. The molecule has 378 valence electrons. The fourth-order valence-corrected chi connectivity index (χ4v) is 13.9. The third-order valence-corrected chi connectivity index (χ3v) is 18.0. The highest BCUT2D eigenvalue weighted by atomic mass is 15.3. The monoisotopic (exact) mass is 982 g/mol. The second-order valence-corrected chi connectivity index (χ2v) is 26.8. The maximum atomic E-state index is 2.83. The Balaban J connectivity index is 1.21. The molecular weight excluding hydrogens is 906 g/mol. The Hall–Kier alpha value is -6.78. The van der Waals surface area contributed by atoms with Crippen LogP contribution in [0.3, 0.4) is 0 Å². The Bertz CT molecular complexity index is 3520. The number of anilines is 8. The molecule has 1 saturated carbocycles. The van der Waals surface area contributed by atoms with Crippen LogP contribution in [0.15, 0.2) is 176 Å². The molecule has 0 aromatic heterocycles. The van der Waals surface area contributed by atoms with E-state index in [1.165, 1.54) is 119 Å². The summed E-state index contributed by atoms with van der Waals surface area (Å²) in [6, 6.07) is 69.1. The average molecular weight is 982 g/mol. The Labute approximate surface area is 449 Å². The molecule has 0 N–H and O–H groups in total. The average Bonchev–Trinajstić information content (AvgIpc) is 3.81. The van der Waals surface area contributed by atoms with Crippen molar-refractivity contribution in [2.45, 2.75) is 148 Å². The van der Waals surface area contributed by atoms with Gasteiger partial charge in [-0.15, -0.1) is 0 Å². The second-order valence-electron chi connectivity index (χ2n) is 26.8. The highest BCUT2D eigenvalue weighted by Crippen LogP contribution is 2.64. The topological polar surface area (TPSA) is 9.72 Å². The summed E-state index contributed by atoms with van der Waals surface area (Å²) in [5, 5.41) is 0. The van der Waals surface area contributed by atoms with Crippen LogP contribution in [0.1, 0.15) is 149 Å². The molecule has 75 heavy (non-hydrogen) atoms. The minimum atomic E-state index is -0.275. The maximum absolute atomic E-state index is 2.83. The van der Waals surface area contributed by atoms with Crippen molar-refractivity contribution >= 4 is 68.6 Å². The van der Waals surface area contributed by atoms with Crippen LogP contribution in [0.4, 0.5) is 45.5 Å². The minimum absolute atomic E-state index is 0.00635. The minimum Gasteiger partial charge on any atom is -0.334 e. The maximum Gasteiger partial charge on any atom is 0.252 e. The normalized spacial score (nSPS) is 19.1. The number of hydrogen-bond donors (Lipinski definition) is 0. The van der Waals surface area contributed by atoms with Gasteiger partial charge in [0.25, 0.3) is 6.71 Å². The van der Waals surface area contributed by atoms with Crippen molar-refractivity contribution in [1.29, 1.82) is 0 Å². The van der Waals surface area contributed by atoms with Gasteiger partial charge in [0.1, 0.15) is 0 Å². The third kappa shape index (κ3) is 7.66. The van der Waals surface area contributed by atoms with Crippen molar-refractivity contribution < 1.29 is 0 Å². The van der Waals surface area contributed by atoms with Crippen LogP contribution in [0.25, 0.3) is 11.1 Å². The molecule has 12 rings (SSSR count). The molecule has 3 heterocycles. The quantitative estimate of drug-likeness (QED) is 0.159. The van der Waals surface area contributed by atoms with E-state index in [1.54, 1.807) is 0 Å². The Kier molecular flexibility index (Phi) is 11.2. The van der Waals surface area contributed by atoms with Crippen molar-refractivity contribution in [3.05, 3.63) is 209 Å². The van der Waals surface area contributed by atoms with E-state index in [0.29, 0.717) is 0 Å². The lowest BCUT2D eigenvalue weighted by atomic mass is 9.33. The lowest BCUT2D eigenvalue weighted by Crippen LogP contribution is -2.61. The van der Waals surface area contributed by atoms with E-state index in [4.69, 9.17) is 0 Å². The van der Waals surface area contributed by atoms with Crippen LogP contribution in [0, 0.1) is 0 Å². The summed E-state index contributed by atoms with van der Waals surface area (Å²) >= 11 is 0. The molecule has 8 aromatic carbocycles. The third-order valence-electron chi connectivity index (χ3n) is 18.0. The van der Waals surface area contributed by atoms with Crippen LogP contribution in [-0.4, -0.2) is 12.3 Å². The molecular formula is C71H76BN3. The number of fused-ring (bicyclic) bond motifs is 7. The smallest absolute Gasteiger partial charge is 0.252 e. The van der Waals surface area contributed by atoms with E-state index in [0.717, 1.165) is 12.8 Å². The van der Waals surface area contributed by atoms with Crippen molar-refractivity contribution in [3.8, 4) is 11.1 Å². The first-order chi connectivity index (χ1) is 35.6. The van der Waals surface area contributed by atoms with Gasteiger partial charge in [-0.2, -0.15) is 0 Å². The van der Waals surface area contributed by atoms with Crippen LogP contribution < -0.4 is 31.1 Å². The van der Waals surface area contributed by atoms with Crippen molar-refractivity contribution in [2.24, 2.45) is 0 Å². The Morgan fingerprint density at radius 2 is 0.960 bits per heavy atom. The molecule has 1 aliphatic carbocycles. The van der Waals surface area contributed by atoms with Crippen LogP contribution in [-0.2, 0) is 27.1 Å². The van der Waals surface area contributed by atoms with Gasteiger partial charge in [-0.05, 0) is 151 Å². The fourth-order valence-electron chi connectivity index (χ4n) is 13.9. The summed E-state index contributed by atoms with van der Waals surface area (Å²) in [5.74, 6) is 0. The summed E-state index contributed by atoms with van der Waals surface area (Å²) < 4.78 is 0. The SMILES string of the molecule is CC(C)(C)c1ccc(C23CCCCC2(C)N(c2cc4c5c(c2)N(c2ccc(C(C)(C)C)cc2-c2ccccc2)c2ccccc2B5c2ccc(C(C)(C)C)cc2N4c2cccc(C(C)(C)C)c2)c2ccccc23)cc1. The number of rotatable bonds is 5. The van der Waals surface area contributed by atoms with Crippen LogP contribution >= 0.6 is 0 Å². The van der Waals surface area contributed by atoms with Crippen LogP contribution in [0.2, 0.25) is 0 Å². The predicted octanol–water partition coefficient (Wildman–Crippen LogP) is 17.4. The van der Waals surface area contributed by atoms with E-state index in [2.05, 4.69) is 281 Å². The van der Waals surface area contributed by atoms with E-state index in [1.807, 2.05) is 0 Å². The Morgan fingerprint density at radius 1 is 0.400 bits per heavy atom. The summed E-state index contributed by atoms with van der Waals surface area (Å²) in [4.78, 5) is 8.15. The van der Waals surface area contributed by atoms with Gasteiger partial charge in [0.05, 0.1) is 11.2 Å². The zero-order chi connectivity index (χ0) is 52.6. The van der Waals surface area contributed by atoms with Crippen molar-refractivity contribution in [3.63, 3.8) is 0 Å². The fraction of sp³-hybridized carbons (Fsp3) is 0.324. The largest absolute Gasteiger partial charge is 0.334 e. The number of benzene rings is 8. The summed E-state index contributed by atoms with van der Waals surface area (Å²) in [6.07, 6.45) is 4.54. The van der Waals surface area contributed by atoms with Gasteiger partial charge >= 0.3 is 0 Å². The molecule has 0 bridgehead atoms. The van der Waals surface area contributed by atoms with E-state index < -0.39 is 0 Å². The van der Waals surface area contributed by atoms with Gasteiger partial charge in [0.15, 0.2) is 0 Å². The van der Waals surface area contributed by atoms with Crippen LogP contribution in [0.5, 0.6) is 0 Å². The number of para-hydroxylation sites is 2. The molecule has 0 amide bonds. The second kappa shape index (κ2) is 17.1. The first-order valence-corrected chi connectivity index (χ1v) is 27.9. The predicted molar refractivity (Wildman–Crippen MR) is 323 cm³/mol. The molecule has 8 aromatic rings. The summed E-state index contributed by atoms with van der Waals surface area (Å²) in [6.45, 7) is 30.7. The van der Waals surface area contributed by atoms with Gasteiger partial charge in [-0.25, -0.2) is 0 Å². The van der Waals surface area contributed by atoms with Gasteiger partial charge in [0, 0.05) is 50.8 Å². The van der Waals surface area contributed by atoms with E-state index in [9.17, 15) is 0 Å². The van der Waals surface area contributed by atoms with Crippen molar-refractivity contribution in [1.82, 2.24) is 0 Å². The molecule has 2 atom stereocenters.